The summed E-state index contributed by atoms with van der Waals surface area (Å²) in [5, 5.41) is 10.9. The zero-order valence-corrected chi connectivity index (χ0v) is 16.1. The molecule has 0 aliphatic heterocycles. The van der Waals surface area contributed by atoms with Crippen molar-refractivity contribution in [2.45, 2.75) is 27.2 Å². The lowest BCUT2D eigenvalue weighted by atomic mass is 10.1. The Bertz CT molecular complexity index is 635. The maximum absolute atomic E-state index is 5.57. The lowest BCUT2D eigenvalue weighted by molar-refractivity contribution is 0.117. The Morgan fingerprint density at radius 2 is 2.04 bits per heavy atom. The van der Waals surface area contributed by atoms with Gasteiger partial charge in [-0.1, -0.05) is 26.0 Å². The number of nitrogens with zero attached hydrogens (tertiary/aromatic N) is 3. The SMILES string of the molecule is CCNC(=NCCOCC(C)C)NCCc1ccc(-n2cccn2)cc1. The van der Waals surface area contributed by atoms with E-state index >= 15 is 0 Å². The second kappa shape index (κ2) is 11.3. The summed E-state index contributed by atoms with van der Waals surface area (Å²) < 4.78 is 7.43. The molecule has 2 aromatic rings. The third-order valence-electron chi connectivity index (χ3n) is 3.71. The minimum Gasteiger partial charge on any atom is -0.379 e. The molecule has 0 bridgehead atoms. The lowest BCUT2D eigenvalue weighted by Crippen LogP contribution is -2.38. The predicted molar refractivity (Wildman–Crippen MR) is 107 cm³/mol. The van der Waals surface area contributed by atoms with Gasteiger partial charge in [-0.15, -0.1) is 0 Å². The molecule has 0 amide bonds. The highest BCUT2D eigenvalue weighted by atomic mass is 16.5. The first-order valence-electron chi connectivity index (χ1n) is 9.38. The van der Waals surface area contributed by atoms with Gasteiger partial charge in [0.15, 0.2) is 5.96 Å². The van der Waals surface area contributed by atoms with Crippen LogP contribution in [-0.2, 0) is 11.2 Å². The topological polar surface area (TPSA) is 63.5 Å². The number of aliphatic imine (C=N–C) groups is 1. The van der Waals surface area contributed by atoms with Crippen LogP contribution in [0.4, 0.5) is 0 Å². The fourth-order valence-electron chi connectivity index (χ4n) is 2.44. The van der Waals surface area contributed by atoms with Crippen molar-refractivity contribution >= 4 is 5.96 Å². The van der Waals surface area contributed by atoms with Crippen molar-refractivity contribution < 1.29 is 4.74 Å². The largest absolute Gasteiger partial charge is 0.379 e. The molecular weight excluding hydrogens is 326 g/mol. The molecule has 6 heteroatoms. The molecule has 1 aromatic heterocycles. The summed E-state index contributed by atoms with van der Waals surface area (Å²) >= 11 is 0. The molecule has 0 aliphatic rings. The Labute approximate surface area is 156 Å². The van der Waals surface area contributed by atoms with E-state index < -0.39 is 0 Å². The van der Waals surface area contributed by atoms with E-state index in [-0.39, 0.29) is 0 Å². The summed E-state index contributed by atoms with van der Waals surface area (Å²) in [6, 6.07) is 10.4. The van der Waals surface area contributed by atoms with Gasteiger partial charge in [-0.2, -0.15) is 5.10 Å². The first-order valence-corrected chi connectivity index (χ1v) is 9.38. The highest BCUT2D eigenvalue weighted by molar-refractivity contribution is 5.79. The summed E-state index contributed by atoms with van der Waals surface area (Å²) in [5.74, 6) is 1.40. The minimum atomic E-state index is 0.560. The average Bonchev–Trinajstić information content (AvgIpc) is 3.16. The van der Waals surface area contributed by atoms with Crippen molar-refractivity contribution in [1.82, 2.24) is 20.4 Å². The van der Waals surface area contributed by atoms with Gasteiger partial charge >= 0.3 is 0 Å². The van der Waals surface area contributed by atoms with Gasteiger partial charge in [0.05, 0.1) is 18.8 Å². The summed E-state index contributed by atoms with van der Waals surface area (Å²) in [5.41, 5.74) is 2.35. The molecule has 0 unspecified atom stereocenters. The van der Waals surface area contributed by atoms with Gasteiger partial charge in [0.1, 0.15) is 0 Å². The molecule has 0 radical (unpaired) electrons. The van der Waals surface area contributed by atoms with E-state index in [4.69, 9.17) is 4.74 Å². The van der Waals surface area contributed by atoms with Crippen LogP contribution < -0.4 is 10.6 Å². The zero-order chi connectivity index (χ0) is 18.6. The van der Waals surface area contributed by atoms with Crippen molar-refractivity contribution in [2.75, 3.05) is 32.8 Å². The second-order valence-corrected chi connectivity index (χ2v) is 6.52. The van der Waals surface area contributed by atoms with Crippen LogP contribution in [0.25, 0.3) is 5.69 Å². The number of benzene rings is 1. The Hall–Kier alpha value is -2.34. The quantitative estimate of drug-likeness (QED) is 0.390. The molecule has 1 aromatic carbocycles. The number of nitrogens with one attached hydrogen (secondary N) is 2. The van der Waals surface area contributed by atoms with Crippen molar-refractivity contribution in [3.63, 3.8) is 0 Å². The molecule has 0 saturated carbocycles. The van der Waals surface area contributed by atoms with Gasteiger partial charge in [0.25, 0.3) is 0 Å². The Balaban J connectivity index is 1.74. The standard InChI is InChI=1S/C20H31N5O/c1-4-21-20(23-13-15-26-16-17(2)3)22-12-10-18-6-8-19(9-7-18)25-14-5-11-24-25/h5-9,11,14,17H,4,10,12-13,15-16H2,1-3H3,(H2,21,22,23). The van der Waals surface area contributed by atoms with Crippen molar-refractivity contribution in [2.24, 2.45) is 10.9 Å². The van der Waals surface area contributed by atoms with E-state index in [1.165, 1.54) is 5.56 Å². The molecular formula is C20H31N5O. The predicted octanol–water partition coefficient (Wildman–Crippen LogP) is 2.64. The zero-order valence-electron chi connectivity index (χ0n) is 16.1. The van der Waals surface area contributed by atoms with Gasteiger partial charge < -0.3 is 15.4 Å². The number of guanidine groups is 1. The van der Waals surface area contributed by atoms with Crippen LogP contribution in [0, 0.1) is 5.92 Å². The van der Waals surface area contributed by atoms with Gasteiger partial charge in [0.2, 0.25) is 0 Å². The molecule has 0 atom stereocenters. The van der Waals surface area contributed by atoms with Gasteiger partial charge in [0, 0.05) is 32.1 Å². The van der Waals surface area contributed by atoms with Crippen LogP contribution in [0.1, 0.15) is 26.3 Å². The van der Waals surface area contributed by atoms with Gasteiger partial charge in [-0.05, 0) is 43.0 Å². The van der Waals surface area contributed by atoms with E-state index in [9.17, 15) is 0 Å². The number of aromatic nitrogens is 2. The van der Waals surface area contributed by atoms with E-state index in [0.717, 1.165) is 37.8 Å². The molecule has 6 nitrogen and oxygen atoms in total. The third-order valence-corrected chi connectivity index (χ3v) is 3.71. The lowest BCUT2D eigenvalue weighted by Gasteiger charge is -2.12. The van der Waals surface area contributed by atoms with Gasteiger partial charge in [-0.25, -0.2) is 4.68 Å². The minimum absolute atomic E-state index is 0.560. The molecule has 26 heavy (non-hydrogen) atoms. The highest BCUT2D eigenvalue weighted by Gasteiger charge is 2.00. The maximum Gasteiger partial charge on any atom is 0.191 e. The molecule has 142 valence electrons. The Morgan fingerprint density at radius 1 is 1.23 bits per heavy atom. The average molecular weight is 358 g/mol. The van der Waals surface area contributed by atoms with Gasteiger partial charge in [-0.3, -0.25) is 4.99 Å². The van der Waals surface area contributed by atoms with Crippen LogP contribution in [0.15, 0.2) is 47.7 Å². The van der Waals surface area contributed by atoms with Crippen molar-refractivity contribution in [3.8, 4) is 5.69 Å². The second-order valence-electron chi connectivity index (χ2n) is 6.52. The monoisotopic (exact) mass is 357 g/mol. The number of ether oxygens (including phenoxy) is 1. The third kappa shape index (κ3) is 7.27. The van der Waals surface area contributed by atoms with Crippen molar-refractivity contribution in [3.05, 3.63) is 48.3 Å². The number of hydrogen-bond acceptors (Lipinski definition) is 3. The molecule has 0 aliphatic carbocycles. The van der Waals surface area contributed by atoms with Crippen LogP contribution in [0.3, 0.4) is 0 Å². The van der Waals surface area contributed by atoms with E-state index in [1.807, 2.05) is 16.9 Å². The summed E-state index contributed by atoms with van der Waals surface area (Å²) in [4.78, 5) is 4.55. The number of rotatable bonds is 10. The van der Waals surface area contributed by atoms with Crippen LogP contribution in [0.5, 0.6) is 0 Å². The van der Waals surface area contributed by atoms with Crippen LogP contribution in [0.2, 0.25) is 0 Å². The molecule has 0 spiro atoms. The first kappa shape index (κ1) is 20.0. The van der Waals surface area contributed by atoms with E-state index in [2.05, 4.69) is 65.8 Å². The van der Waals surface area contributed by atoms with Crippen LogP contribution >= 0.6 is 0 Å². The maximum atomic E-state index is 5.57. The highest BCUT2D eigenvalue weighted by Crippen LogP contribution is 2.08. The summed E-state index contributed by atoms with van der Waals surface area (Å²) in [6.07, 6.45) is 4.67. The van der Waals surface area contributed by atoms with Crippen LogP contribution in [-0.4, -0.2) is 48.6 Å². The normalized spacial score (nSPS) is 11.8. The molecule has 2 N–H and O–H groups in total. The van der Waals surface area contributed by atoms with E-state index in [0.29, 0.717) is 19.1 Å². The molecule has 0 saturated heterocycles. The fraction of sp³-hybridized carbons (Fsp3) is 0.500. The molecule has 1 heterocycles. The Morgan fingerprint density at radius 3 is 2.69 bits per heavy atom. The molecule has 2 rings (SSSR count). The summed E-state index contributed by atoms with van der Waals surface area (Å²) in [7, 11) is 0. The Kier molecular flexibility index (Phi) is 8.69. The number of hydrogen-bond donors (Lipinski definition) is 2. The van der Waals surface area contributed by atoms with E-state index in [1.54, 1.807) is 6.20 Å². The summed E-state index contributed by atoms with van der Waals surface area (Å²) in [6.45, 7) is 10.2. The fourth-order valence-corrected chi connectivity index (χ4v) is 2.44. The first-order chi connectivity index (χ1) is 12.7. The molecule has 0 fully saturated rings. The van der Waals surface area contributed by atoms with Crippen molar-refractivity contribution in [1.29, 1.82) is 0 Å². The smallest absolute Gasteiger partial charge is 0.191 e.